The van der Waals surface area contributed by atoms with Gasteiger partial charge >= 0.3 is 5.97 Å². The van der Waals surface area contributed by atoms with E-state index in [2.05, 4.69) is 0 Å². The number of piperidine rings is 1. The largest absolute Gasteiger partial charge is 0.481 e. The van der Waals surface area contributed by atoms with E-state index in [4.69, 9.17) is 0 Å². The number of carbonyl (C=O) groups excluding carboxylic acids is 1. The molecule has 1 saturated carbocycles. The molecule has 1 aliphatic carbocycles. The first-order valence-corrected chi connectivity index (χ1v) is 8.74. The average Bonchev–Trinajstić information content (AvgIpc) is 2.58. The summed E-state index contributed by atoms with van der Waals surface area (Å²) in [6.07, 6.45) is 6.84. The number of rotatable bonds is 4. The van der Waals surface area contributed by atoms with Crippen molar-refractivity contribution in [3.63, 3.8) is 0 Å². The number of likely N-dealkylation sites (tertiary alicyclic amines) is 1. The Hall–Kier alpha value is -1.84. The zero-order valence-corrected chi connectivity index (χ0v) is 13.5. The maximum atomic E-state index is 12.6. The lowest BCUT2D eigenvalue weighted by Gasteiger charge is -2.42. The molecule has 0 unspecified atom stereocenters. The van der Waals surface area contributed by atoms with Crippen molar-refractivity contribution in [3.05, 3.63) is 35.9 Å². The van der Waals surface area contributed by atoms with Crippen molar-refractivity contribution in [2.24, 2.45) is 11.8 Å². The molecule has 1 heterocycles. The molecule has 23 heavy (non-hydrogen) atoms. The van der Waals surface area contributed by atoms with Gasteiger partial charge in [0.1, 0.15) is 0 Å². The number of hydrogen-bond donors (Lipinski definition) is 1. The third-order valence-electron chi connectivity index (χ3n) is 5.34. The molecule has 1 aromatic rings. The summed E-state index contributed by atoms with van der Waals surface area (Å²) in [6, 6.07) is 9.35. The number of nitrogens with zero attached hydrogens (tertiary/aromatic N) is 1. The quantitative estimate of drug-likeness (QED) is 0.923. The highest BCUT2D eigenvalue weighted by Crippen LogP contribution is 2.38. The number of amides is 1. The van der Waals surface area contributed by atoms with Gasteiger partial charge in [0.05, 0.1) is 12.0 Å². The highest BCUT2D eigenvalue weighted by atomic mass is 16.4. The van der Waals surface area contributed by atoms with Gasteiger partial charge < -0.3 is 10.0 Å². The second kappa shape index (κ2) is 7.16. The van der Waals surface area contributed by atoms with E-state index < -0.39 is 11.9 Å². The lowest BCUT2D eigenvalue weighted by molar-refractivity contribution is -0.152. The van der Waals surface area contributed by atoms with Gasteiger partial charge in [-0.25, -0.2) is 0 Å². The fraction of sp³-hybridized carbons (Fsp3) is 0.579. The normalized spacial score (nSPS) is 26.3. The van der Waals surface area contributed by atoms with Crippen LogP contribution in [-0.4, -0.2) is 28.4 Å². The van der Waals surface area contributed by atoms with Crippen LogP contribution < -0.4 is 0 Å². The first-order valence-electron chi connectivity index (χ1n) is 8.74. The Bertz CT molecular complexity index is 551. The van der Waals surface area contributed by atoms with Crippen molar-refractivity contribution < 1.29 is 14.7 Å². The standard InChI is InChI=1S/C19H25NO3/c21-17-12-11-16(19(22)23)18(15-9-5-2-6-10-15)20(17)13-14-7-3-1-4-8-14/h2,5-6,9-10,14,16,18H,1,3-4,7-8,11-13H2,(H,22,23)/t16-,18-/m1/s1. The maximum absolute atomic E-state index is 12.6. The van der Waals surface area contributed by atoms with E-state index >= 15 is 0 Å². The second-order valence-corrected chi connectivity index (χ2v) is 6.89. The molecule has 2 fully saturated rings. The summed E-state index contributed by atoms with van der Waals surface area (Å²) in [7, 11) is 0. The molecule has 4 heteroatoms. The van der Waals surface area contributed by atoms with Gasteiger partial charge in [0.25, 0.3) is 0 Å². The molecular formula is C19H25NO3. The Morgan fingerprint density at radius 2 is 1.78 bits per heavy atom. The molecule has 0 radical (unpaired) electrons. The molecule has 2 aliphatic rings. The van der Waals surface area contributed by atoms with E-state index in [1.54, 1.807) is 0 Å². The summed E-state index contributed by atoms with van der Waals surface area (Å²) >= 11 is 0. The predicted molar refractivity (Wildman–Crippen MR) is 87.8 cm³/mol. The molecule has 1 aliphatic heterocycles. The Labute approximate surface area is 137 Å². The van der Waals surface area contributed by atoms with E-state index in [9.17, 15) is 14.7 Å². The second-order valence-electron chi connectivity index (χ2n) is 6.89. The fourth-order valence-corrected chi connectivity index (χ4v) is 4.14. The molecule has 124 valence electrons. The van der Waals surface area contributed by atoms with Gasteiger partial charge in [0.2, 0.25) is 5.91 Å². The van der Waals surface area contributed by atoms with Crippen LogP contribution >= 0.6 is 0 Å². The number of benzene rings is 1. The lowest BCUT2D eigenvalue weighted by atomic mass is 9.82. The third kappa shape index (κ3) is 3.57. The number of carboxylic acids is 1. The molecule has 1 amide bonds. The van der Waals surface area contributed by atoms with Gasteiger partial charge in [0.15, 0.2) is 0 Å². The number of hydrogen-bond acceptors (Lipinski definition) is 2. The Morgan fingerprint density at radius 3 is 2.43 bits per heavy atom. The predicted octanol–water partition coefficient (Wildman–Crippen LogP) is 3.63. The van der Waals surface area contributed by atoms with Crippen molar-refractivity contribution in [2.75, 3.05) is 6.54 Å². The van der Waals surface area contributed by atoms with E-state index in [-0.39, 0.29) is 11.9 Å². The molecular weight excluding hydrogens is 290 g/mol. The van der Waals surface area contributed by atoms with E-state index in [0.29, 0.717) is 25.3 Å². The Morgan fingerprint density at radius 1 is 1.09 bits per heavy atom. The summed E-state index contributed by atoms with van der Waals surface area (Å²) in [5, 5.41) is 9.64. The summed E-state index contributed by atoms with van der Waals surface area (Å²) in [4.78, 5) is 26.2. The first-order chi connectivity index (χ1) is 11.2. The van der Waals surface area contributed by atoms with Gasteiger partial charge in [-0.15, -0.1) is 0 Å². The maximum Gasteiger partial charge on any atom is 0.308 e. The van der Waals surface area contributed by atoms with E-state index in [1.807, 2.05) is 35.2 Å². The zero-order chi connectivity index (χ0) is 16.2. The van der Waals surface area contributed by atoms with Crippen molar-refractivity contribution in [2.45, 2.75) is 51.0 Å². The van der Waals surface area contributed by atoms with Gasteiger partial charge in [-0.05, 0) is 30.7 Å². The lowest BCUT2D eigenvalue weighted by Crippen LogP contribution is -2.47. The molecule has 4 nitrogen and oxygen atoms in total. The molecule has 3 rings (SSSR count). The Kier molecular flexibility index (Phi) is 4.99. The van der Waals surface area contributed by atoms with Crippen molar-refractivity contribution in [1.82, 2.24) is 4.90 Å². The van der Waals surface area contributed by atoms with E-state index in [0.717, 1.165) is 18.4 Å². The van der Waals surface area contributed by atoms with Crippen LogP contribution in [0.25, 0.3) is 0 Å². The number of carboxylic acid groups (broad SMARTS) is 1. The molecule has 1 N–H and O–H groups in total. The highest BCUT2D eigenvalue weighted by molar-refractivity contribution is 5.81. The van der Waals surface area contributed by atoms with Gasteiger partial charge in [-0.1, -0.05) is 49.6 Å². The summed E-state index contributed by atoms with van der Waals surface area (Å²) in [5.41, 5.74) is 0.948. The molecule has 0 spiro atoms. The van der Waals surface area contributed by atoms with Crippen LogP contribution in [0.2, 0.25) is 0 Å². The fourth-order valence-electron chi connectivity index (χ4n) is 4.14. The molecule has 2 atom stereocenters. The smallest absolute Gasteiger partial charge is 0.308 e. The van der Waals surface area contributed by atoms with Crippen LogP contribution in [0.4, 0.5) is 0 Å². The van der Waals surface area contributed by atoms with E-state index in [1.165, 1.54) is 19.3 Å². The number of aliphatic carboxylic acids is 1. The van der Waals surface area contributed by atoms with Crippen LogP contribution in [-0.2, 0) is 9.59 Å². The minimum atomic E-state index is -0.792. The molecule has 0 aromatic heterocycles. The molecule has 1 saturated heterocycles. The first kappa shape index (κ1) is 16.0. The number of carbonyl (C=O) groups is 2. The molecule has 1 aromatic carbocycles. The highest BCUT2D eigenvalue weighted by Gasteiger charge is 2.41. The minimum absolute atomic E-state index is 0.113. The summed E-state index contributed by atoms with van der Waals surface area (Å²) in [5.74, 6) is -0.660. The van der Waals surface area contributed by atoms with Crippen LogP contribution in [0.15, 0.2) is 30.3 Å². The average molecular weight is 315 g/mol. The van der Waals surface area contributed by atoms with Crippen LogP contribution in [0.5, 0.6) is 0 Å². The zero-order valence-electron chi connectivity index (χ0n) is 13.5. The van der Waals surface area contributed by atoms with Gasteiger partial charge in [-0.2, -0.15) is 0 Å². The Balaban J connectivity index is 1.87. The van der Waals surface area contributed by atoms with Crippen LogP contribution in [0.3, 0.4) is 0 Å². The van der Waals surface area contributed by atoms with Crippen molar-refractivity contribution in [1.29, 1.82) is 0 Å². The summed E-state index contributed by atoms with van der Waals surface area (Å²) in [6.45, 7) is 0.710. The minimum Gasteiger partial charge on any atom is -0.481 e. The van der Waals surface area contributed by atoms with Gasteiger partial charge in [0, 0.05) is 13.0 Å². The third-order valence-corrected chi connectivity index (χ3v) is 5.34. The SMILES string of the molecule is O=C(O)[C@@H]1CCC(=O)N(CC2CCCCC2)[C@@H]1c1ccccc1. The monoisotopic (exact) mass is 315 g/mol. The molecule has 0 bridgehead atoms. The summed E-state index contributed by atoms with van der Waals surface area (Å²) < 4.78 is 0. The van der Waals surface area contributed by atoms with Gasteiger partial charge in [-0.3, -0.25) is 9.59 Å². The topological polar surface area (TPSA) is 57.6 Å². The van der Waals surface area contributed by atoms with Crippen LogP contribution in [0, 0.1) is 11.8 Å². The van der Waals surface area contributed by atoms with Crippen molar-refractivity contribution in [3.8, 4) is 0 Å². The van der Waals surface area contributed by atoms with Crippen molar-refractivity contribution >= 4 is 11.9 Å². The van der Waals surface area contributed by atoms with Crippen LogP contribution in [0.1, 0.15) is 56.6 Å².